The molecule has 7 nitrogen and oxygen atoms in total. The molecule has 0 saturated carbocycles. The Balaban J connectivity index is 1.85. The summed E-state index contributed by atoms with van der Waals surface area (Å²) in [4.78, 5) is 16.3. The Kier molecular flexibility index (Phi) is 5.18. The minimum Gasteiger partial charge on any atom is -0.507 e. The van der Waals surface area contributed by atoms with Crippen LogP contribution in [0, 0.1) is 0 Å². The number of halogens is 1. The van der Waals surface area contributed by atoms with E-state index in [1.165, 1.54) is 18.3 Å². The van der Waals surface area contributed by atoms with Crippen LogP contribution in [0.15, 0.2) is 45.9 Å². The molecule has 6 aromatic carbocycles. The second-order valence-electron chi connectivity index (χ2n) is 9.36. The number of carbonyl (C=O) groups excluding carboxylic acids is 1. The summed E-state index contributed by atoms with van der Waals surface area (Å²) in [6.45, 7) is 5.29. The monoisotopic (exact) mass is 535 g/mol. The van der Waals surface area contributed by atoms with Crippen molar-refractivity contribution in [2.75, 3.05) is 0 Å². The summed E-state index contributed by atoms with van der Waals surface area (Å²) in [5.41, 5.74) is -0.608. The lowest BCUT2D eigenvalue weighted by molar-refractivity contribution is -0.153. The van der Waals surface area contributed by atoms with Crippen molar-refractivity contribution in [3.63, 3.8) is 0 Å². The van der Waals surface area contributed by atoms with Crippen molar-refractivity contribution in [1.82, 2.24) is 0 Å². The molecule has 0 aliphatic heterocycles. The zero-order valence-corrected chi connectivity index (χ0v) is 20.8. The number of phenolic OH excluding ortho intramolecular Hbond substituents is 4. The Morgan fingerprint density at radius 2 is 1.37 bits per heavy atom. The van der Waals surface area contributed by atoms with Gasteiger partial charge in [-0.2, -0.15) is 0 Å². The van der Waals surface area contributed by atoms with E-state index in [-0.39, 0.29) is 45.0 Å². The molecule has 0 aliphatic rings. The van der Waals surface area contributed by atoms with Crippen LogP contribution in [0.3, 0.4) is 0 Å². The quantitative estimate of drug-likeness (QED) is 0.0876. The number of carbonyl (C=O) groups is 1. The van der Waals surface area contributed by atoms with Gasteiger partial charge in [-0.1, -0.05) is 24.3 Å². The van der Waals surface area contributed by atoms with Crippen molar-refractivity contribution in [1.29, 1.82) is 0 Å². The highest BCUT2D eigenvalue weighted by atomic mass is 79.9. The summed E-state index contributed by atoms with van der Waals surface area (Å²) < 4.78 is 5.41. The number of hydrogen-bond acceptors (Lipinski definition) is 7. The largest absolute Gasteiger partial charge is 0.507 e. The van der Waals surface area contributed by atoms with E-state index in [9.17, 15) is 25.2 Å². The molecule has 2 bridgehead atoms. The first kappa shape index (κ1) is 23.0. The second-order valence-corrected chi connectivity index (χ2v) is 10.2. The van der Waals surface area contributed by atoms with Crippen molar-refractivity contribution in [2.45, 2.75) is 32.8 Å². The molecule has 0 spiro atoms. The molecule has 0 unspecified atom stereocenters. The van der Waals surface area contributed by atoms with Crippen molar-refractivity contribution >= 4 is 76.9 Å². The summed E-state index contributed by atoms with van der Waals surface area (Å²) in [5, 5.41) is 47.9. The fraction of sp³-hybridized carbons (Fsp3) is 0.185. The third kappa shape index (κ3) is 3.47. The van der Waals surface area contributed by atoms with E-state index in [0.717, 1.165) is 10.8 Å². The molecule has 0 amide bonds. The van der Waals surface area contributed by atoms with Crippen molar-refractivity contribution in [3.8, 4) is 23.0 Å². The Hall–Kier alpha value is -3.78. The van der Waals surface area contributed by atoms with E-state index in [1.807, 2.05) is 24.3 Å². The van der Waals surface area contributed by atoms with Gasteiger partial charge in [-0.15, -0.1) is 0 Å². The van der Waals surface area contributed by atoms with E-state index in [0.29, 0.717) is 26.9 Å². The lowest BCUT2D eigenvalue weighted by Crippen LogP contribution is -2.23. The zero-order chi connectivity index (χ0) is 25.2. The Morgan fingerprint density at radius 1 is 0.857 bits per heavy atom. The van der Waals surface area contributed by atoms with Crippen LogP contribution in [0.1, 0.15) is 27.2 Å². The van der Waals surface area contributed by atoms with Gasteiger partial charge < -0.3 is 25.2 Å². The molecule has 0 aromatic heterocycles. The van der Waals surface area contributed by atoms with Gasteiger partial charge in [-0.05, 0) is 59.6 Å². The molecular formula is C27H22BrNO6. The average Bonchev–Trinajstić information content (AvgIpc) is 2.80. The van der Waals surface area contributed by atoms with Crippen LogP contribution >= 0.6 is 15.9 Å². The van der Waals surface area contributed by atoms with Gasteiger partial charge in [0.1, 0.15) is 28.5 Å². The van der Waals surface area contributed by atoms with E-state index in [4.69, 9.17) is 4.74 Å². The highest BCUT2D eigenvalue weighted by Gasteiger charge is 2.28. The first-order chi connectivity index (χ1) is 16.5. The zero-order valence-electron chi connectivity index (χ0n) is 19.2. The Morgan fingerprint density at radius 3 is 1.89 bits per heavy atom. The molecule has 0 radical (unpaired) electrons. The van der Waals surface area contributed by atoms with Crippen molar-refractivity contribution in [2.24, 2.45) is 4.99 Å². The minimum absolute atomic E-state index is 0.0316. The van der Waals surface area contributed by atoms with Gasteiger partial charge in [0.15, 0.2) is 5.75 Å². The topological polar surface area (TPSA) is 120 Å². The lowest BCUT2D eigenvalue weighted by atomic mass is 9.84. The van der Waals surface area contributed by atoms with E-state index in [2.05, 4.69) is 20.9 Å². The fourth-order valence-corrected chi connectivity index (χ4v) is 5.16. The van der Waals surface area contributed by atoms with E-state index >= 15 is 0 Å². The normalized spacial score (nSPS) is 12.6. The van der Waals surface area contributed by atoms with Gasteiger partial charge in [0.2, 0.25) is 0 Å². The van der Waals surface area contributed by atoms with Crippen molar-refractivity contribution < 1.29 is 30.0 Å². The molecule has 35 heavy (non-hydrogen) atoms. The molecule has 0 fully saturated rings. The predicted molar refractivity (Wildman–Crippen MR) is 141 cm³/mol. The number of aliphatic imine (C=N–C) groups is 1. The first-order valence-electron chi connectivity index (χ1n) is 10.9. The SMILES string of the molecule is CC(C)(C)OC(=O)CC=Nc1c(Br)c(O)c2c(c1O)c1c3ccccc3c2c2c(O)ccc(O)c21. The predicted octanol–water partition coefficient (Wildman–Crippen LogP) is 6.76. The lowest BCUT2D eigenvalue weighted by Gasteiger charge is -2.21. The summed E-state index contributed by atoms with van der Waals surface area (Å²) >= 11 is 3.34. The molecule has 4 N–H and O–H groups in total. The van der Waals surface area contributed by atoms with Crippen molar-refractivity contribution in [3.05, 3.63) is 40.9 Å². The smallest absolute Gasteiger partial charge is 0.311 e. The van der Waals surface area contributed by atoms with Gasteiger partial charge in [-0.25, -0.2) is 0 Å². The van der Waals surface area contributed by atoms with Crippen LogP contribution in [0.5, 0.6) is 23.0 Å². The van der Waals surface area contributed by atoms with Gasteiger partial charge in [-0.3, -0.25) is 9.79 Å². The number of hydrogen-bond donors (Lipinski definition) is 4. The second kappa shape index (κ2) is 7.88. The van der Waals surface area contributed by atoms with Crippen LogP contribution in [-0.2, 0) is 9.53 Å². The maximum Gasteiger partial charge on any atom is 0.311 e. The number of rotatable bonds is 3. The molecule has 0 atom stereocenters. The Bertz CT molecular complexity index is 1700. The van der Waals surface area contributed by atoms with Crippen LogP contribution in [0.25, 0.3) is 43.1 Å². The third-order valence-electron chi connectivity index (χ3n) is 5.89. The number of phenols is 4. The highest BCUT2D eigenvalue weighted by Crippen LogP contribution is 2.58. The summed E-state index contributed by atoms with van der Waals surface area (Å²) in [6.07, 6.45) is 1.18. The molecule has 178 valence electrons. The molecular weight excluding hydrogens is 514 g/mol. The fourth-order valence-electron chi connectivity index (χ4n) is 4.67. The summed E-state index contributed by atoms with van der Waals surface area (Å²) in [6, 6.07) is 10.2. The number of nitrogens with zero attached hydrogens (tertiary/aromatic N) is 1. The summed E-state index contributed by atoms with van der Waals surface area (Å²) in [7, 11) is 0. The minimum atomic E-state index is -0.640. The number of ether oxygens (including phenoxy) is 1. The van der Waals surface area contributed by atoms with Crippen LogP contribution in [0.4, 0.5) is 5.69 Å². The van der Waals surface area contributed by atoms with Crippen LogP contribution in [0.2, 0.25) is 0 Å². The standard InChI is InChI=1S/C27H22BrNO6/c1-27(2,3)35-16(32)10-11-29-24-23(28)25(33)21-17-12-6-4-5-7-13(12)18(22(21)26(24)34)20-15(31)9-8-14(30)19(17)20/h4-9,11,30-31,33-34H,10H2,1-3H3. The average molecular weight is 536 g/mol. The van der Waals surface area contributed by atoms with Crippen LogP contribution < -0.4 is 0 Å². The molecule has 8 heteroatoms. The Labute approximate surface area is 208 Å². The molecule has 0 saturated heterocycles. The third-order valence-corrected chi connectivity index (χ3v) is 6.64. The molecule has 6 rings (SSSR count). The van der Waals surface area contributed by atoms with Gasteiger partial charge in [0.05, 0.1) is 10.9 Å². The number of benzene rings is 6. The first-order valence-corrected chi connectivity index (χ1v) is 11.7. The van der Waals surface area contributed by atoms with Gasteiger partial charge >= 0.3 is 5.97 Å². The van der Waals surface area contributed by atoms with Gasteiger partial charge in [0, 0.05) is 38.5 Å². The number of aromatic hydroxyl groups is 4. The highest BCUT2D eigenvalue weighted by molar-refractivity contribution is 9.10. The maximum atomic E-state index is 12.1. The van der Waals surface area contributed by atoms with Crippen LogP contribution in [-0.4, -0.2) is 38.2 Å². The molecule has 0 heterocycles. The maximum absolute atomic E-state index is 12.1. The summed E-state index contributed by atoms with van der Waals surface area (Å²) in [5.74, 6) is -1.02. The van der Waals surface area contributed by atoms with E-state index in [1.54, 1.807) is 20.8 Å². The molecule has 0 aliphatic carbocycles. The van der Waals surface area contributed by atoms with E-state index < -0.39 is 11.6 Å². The number of esters is 1. The molecule has 6 aromatic rings. The van der Waals surface area contributed by atoms with Gasteiger partial charge in [0.25, 0.3) is 0 Å².